The average Bonchev–Trinajstić information content (AvgIpc) is 3.55. The first kappa shape index (κ1) is 22.8. The molecule has 180 valence electrons. The fourth-order valence-corrected chi connectivity index (χ4v) is 4.52. The van der Waals surface area contributed by atoms with Gasteiger partial charge < -0.3 is 24.1 Å². The Hall–Kier alpha value is -4.00. The van der Waals surface area contributed by atoms with E-state index in [0.29, 0.717) is 25.5 Å². The molecule has 3 aromatic carbocycles. The van der Waals surface area contributed by atoms with Gasteiger partial charge in [0.1, 0.15) is 11.3 Å². The summed E-state index contributed by atoms with van der Waals surface area (Å²) in [5.41, 5.74) is 5.02. The number of ether oxygens (including phenoxy) is 1. The van der Waals surface area contributed by atoms with Gasteiger partial charge in [0.2, 0.25) is 0 Å². The fourth-order valence-electron chi connectivity index (χ4n) is 4.52. The molecule has 0 bridgehead atoms. The van der Waals surface area contributed by atoms with Crippen LogP contribution < -0.4 is 14.5 Å². The normalized spacial score (nSPS) is 15.5. The summed E-state index contributed by atoms with van der Waals surface area (Å²) in [7, 11) is 1.67. The standard InChI is InChI=1S/C28H29N3O4/c1-34-24-12-8-20(9-13-24)14-16-31(28-29-25-4-2-3-5-26(25)35-28)18-21-6-10-23(11-7-21)30-17-15-22(19-30)27(32)33/h2-13,22H,14-19H2,1H3,(H,32,33)/t22-/m1/s1. The maximum absolute atomic E-state index is 11.3. The van der Waals surface area contributed by atoms with Gasteiger partial charge in [0.25, 0.3) is 6.01 Å². The Morgan fingerprint density at radius 1 is 1.09 bits per heavy atom. The van der Waals surface area contributed by atoms with Crippen molar-refractivity contribution in [2.24, 2.45) is 5.92 Å². The molecule has 0 saturated carbocycles. The largest absolute Gasteiger partial charge is 0.497 e. The van der Waals surface area contributed by atoms with E-state index in [1.807, 2.05) is 36.4 Å². The second kappa shape index (κ2) is 10.1. The highest BCUT2D eigenvalue weighted by Crippen LogP contribution is 2.27. The quantitative estimate of drug-likeness (QED) is 0.368. The molecule has 1 aliphatic heterocycles. The maximum Gasteiger partial charge on any atom is 0.308 e. The Labute approximate surface area is 204 Å². The molecule has 1 aromatic heterocycles. The molecule has 4 aromatic rings. The number of fused-ring (bicyclic) bond motifs is 1. The number of carbonyl (C=O) groups is 1. The lowest BCUT2D eigenvalue weighted by Crippen LogP contribution is -2.26. The summed E-state index contributed by atoms with van der Waals surface area (Å²) in [5, 5.41) is 9.29. The number of oxazole rings is 1. The lowest BCUT2D eigenvalue weighted by molar-refractivity contribution is -0.140. The first-order chi connectivity index (χ1) is 17.1. The van der Waals surface area contributed by atoms with Crippen LogP contribution in [0.1, 0.15) is 17.5 Å². The minimum absolute atomic E-state index is 0.290. The number of carboxylic acids is 1. The van der Waals surface area contributed by atoms with Crippen molar-refractivity contribution in [3.8, 4) is 5.75 Å². The van der Waals surface area contributed by atoms with E-state index in [-0.39, 0.29) is 5.92 Å². The van der Waals surface area contributed by atoms with Crippen LogP contribution in [0.5, 0.6) is 5.75 Å². The topological polar surface area (TPSA) is 79.0 Å². The molecule has 1 N–H and O–H groups in total. The summed E-state index contributed by atoms with van der Waals surface area (Å²) < 4.78 is 11.4. The molecule has 1 fully saturated rings. The van der Waals surface area contributed by atoms with Gasteiger partial charge in [-0.3, -0.25) is 4.79 Å². The smallest absolute Gasteiger partial charge is 0.308 e. The molecule has 7 nitrogen and oxygen atoms in total. The summed E-state index contributed by atoms with van der Waals surface area (Å²) in [6, 6.07) is 24.9. The third-order valence-electron chi connectivity index (χ3n) is 6.59. The van der Waals surface area contributed by atoms with E-state index >= 15 is 0 Å². The number of carboxylic acid groups (broad SMARTS) is 1. The summed E-state index contributed by atoms with van der Waals surface area (Å²) in [5.74, 6) is -0.158. The Morgan fingerprint density at radius 3 is 2.51 bits per heavy atom. The van der Waals surface area contributed by atoms with Gasteiger partial charge in [-0.1, -0.05) is 36.4 Å². The number of anilines is 2. The van der Waals surface area contributed by atoms with Gasteiger partial charge in [-0.2, -0.15) is 4.98 Å². The van der Waals surface area contributed by atoms with Crippen molar-refractivity contribution in [2.45, 2.75) is 19.4 Å². The van der Waals surface area contributed by atoms with E-state index in [0.717, 1.165) is 47.6 Å². The van der Waals surface area contributed by atoms with Crippen molar-refractivity contribution < 1.29 is 19.1 Å². The Kier molecular flexibility index (Phi) is 6.57. The second-order valence-corrected chi connectivity index (χ2v) is 8.92. The van der Waals surface area contributed by atoms with Crippen molar-refractivity contribution in [2.75, 3.05) is 36.5 Å². The number of hydrogen-bond donors (Lipinski definition) is 1. The van der Waals surface area contributed by atoms with E-state index < -0.39 is 5.97 Å². The molecule has 7 heteroatoms. The summed E-state index contributed by atoms with van der Waals surface area (Å²) >= 11 is 0. The van der Waals surface area contributed by atoms with Crippen LogP contribution in [0.15, 0.2) is 77.2 Å². The molecule has 0 amide bonds. The predicted molar refractivity (Wildman–Crippen MR) is 136 cm³/mol. The molecule has 1 aliphatic rings. The maximum atomic E-state index is 11.3. The average molecular weight is 472 g/mol. The zero-order chi connectivity index (χ0) is 24.2. The van der Waals surface area contributed by atoms with Gasteiger partial charge in [0.15, 0.2) is 5.58 Å². The first-order valence-electron chi connectivity index (χ1n) is 11.9. The Bertz CT molecular complexity index is 1250. The lowest BCUT2D eigenvalue weighted by Gasteiger charge is -2.22. The van der Waals surface area contributed by atoms with Gasteiger partial charge in [0, 0.05) is 31.9 Å². The zero-order valence-corrected chi connectivity index (χ0v) is 19.8. The molecule has 0 aliphatic carbocycles. The number of aliphatic carboxylic acids is 1. The van der Waals surface area contributed by atoms with Gasteiger partial charge >= 0.3 is 5.97 Å². The van der Waals surface area contributed by atoms with Crippen molar-refractivity contribution in [3.63, 3.8) is 0 Å². The van der Waals surface area contributed by atoms with Crippen LogP contribution in [-0.4, -0.2) is 42.8 Å². The molecule has 0 spiro atoms. The number of rotatable bonds is 9. The Morgan fingerprint density at radius 2 is 1.83 bits per heavy atom. The number of hydrogen-bond acceptors (Lipinski definition) is 6. The van der Waals surface area contributed by atoms with Crippen LogP contribution in [0.25, 0.3) is 11.1 Å². The van der Waals surface area contributed by atoms with Gasteiger partial charge in [-0.25, -0.2) is 0 Å². The minimum atomic E-state index is -0.713. The SMILES string of the molecule is COc1ccc(CCN(Cc2ccc(N3CC[C@@H](C(=O)O)C3)cc2)c2nc3ccccc3o2)cc1. The molecule has 2 heterocycles. The van der Waals surface area contributed by atoms with Crippen LogP contribution in [0.4, 0.5) is 11.7 Å². The number of nitrogens with zero attached hydrogens (tertiary/aromatic N) is 3. The van der Waals surface area contributed by atoms with Crippen LogP contribution in [0.3, 0.4) is 0 Å². The van der Waals surface area contributed by atoms with E-state index in [1.54, 1.807) is 7.11 Å². The fraction of sp³-hybridized carbons (Fsp3) is 0.286. The third kappa shape index (κ3) is 5.24. The van der Waals surface area contributed by atoms with E-state index in [1.165, 1.54) is 5.56 Å². The molecule has 1 saturated heterocycles. The number of aromatic nitrogens is 1. The lowest BCUT2D eigenvalue weighted by atomic mass is 10.1. The molecular weight excluding hydrogens is 442 g/mol. The van der Waals surface area contributed by atoms with Crippen LogP contribution in [-0.2, 0) is 17.8 Å². The molecule has 0 radical (unpaired) electrons. The second-order valence-electron chi connectivity index (χ2n) is 8.92. The minimum Gasteiger partial charge on any atom is -0.497 e. The third-order valence-corrected chi connectivity index (χ3v) is 6.59. The number of methoxy groups -OCH3 is 1. The highest BCUT2D eigenvalue weighted by Gasteiger charge is 2.28. The summed E-state index contributed by atoms with van der Waals surface area (Å²) in [6.07, 6.45) is 1.53. The van der Waals surface area contributed by atoms with Crippen LogP contribution >= 0.6 is 0 Å². The van der Waals surface area contributed by atoms with Crippen molar-refractivity contribution >= 4 is 28.8 Å². The highest BCUT2D eigenvalue weighted by atomic mass is 16.5. The van der Waals surface area contributed by atoms with E-state index in [2.05, 4.69) is 46.2 Å². The number of benzene rings is 3. The van der Waals surface area contributed by atoms with Crippen molar-refractivity contribution in [1.29, 1.82) is 0 Å². The van der Waals surface area contributed by atoms with Crippen molar-refractivity contribution in [3.05, 3.63) is 83.9 Å². The van der Waals surface area contributed by atoms with E-state index in [4.69, 9.17) is 14.1 Å². The van der Waals surface area contributed by atoms with Crippen LogP contribution in [0.2, 0.25) is 0 Å². The highest BCUT2D eigenvalue weighted by molar-refractivity contribution is 5.74. The molecule has 1 atom stereocenters. The van der Waals surface area contributed by atoms with Crippen LogP contribution in [0, 0.1) is 5.92 Å². The first-order valence-corrected chi connectivity index (χ1v) is 11.9. The molecule has 35 heavy (non-hydrogen) atoms. The van der Waals surface area contributed by atoms with Crippen molar-refractivity contribution in [1.82, 2.24) is 4.98 Å². The monoisotopic (exact) mass is 471 g/mol. The molecule has 5 rings (SSSR count). The van der Waals surface area contributed by atoms with Gasteiger partial charge in [-0.15, -0.1) is 0 Å². The predicted octanol–water partition coefficient (Wildman–Crippen LogP) is 5.00. The zero-order valence-electron chi connectivity index (χ0n) is 19.8. The summed E-state index contributed by atoms with van der Waals surface area (Å²) in [6.45, 7) is 2.73. The van der Waals surface area contributed by atoms with E-state index in [9.17, 15) is 9.90 Å². The summed E-state index contributed by atoms with van der Waals surface area (Å²) in [4.78, 5) is 20.3. The van der Waals surface area contributed by atoms with Gasteiger partial charge in [-0.05, 0) is 60.4 Å². The molecule has 0 unspecified atom stereocenters. The number of para-hydroxylation sites is 2. The molecular formula is C28H29N3O4. The van der Waals surface area contributed by atoms with Gasteiger partial charge in [0.05, 0.1) is 13.0 Å². The Balaban J connectivity index is 1.32.